The minimum Gasteiger partial charge on any atom is -0.313 e. The zero-order chi connectivity index (χ0) is 14.8. The topological polar surface area (TPSA) is 58.2 Å². The van der Waals surface area contributed by atoms with Gasteiger partial charge in [0.2, 0.25) is 10.0 Å². The van der Waals surface area contributed by atoms with Gasteiger partial charge in [-0.15, -0.1) is 0 Å². The van der Waals surface area contributed by atoms with E-state index in [1.54, 1.807) is 0 Å². The van der Waals surface area contributed by atoms with Crippen LogP contribution in [-0.4, -0.2) is 28.1 Å². The molecule has 0 spiro atoms. The average Bonchev–Trinajstić information content (AvgIpc) is 2.42. The predicted octanol–water partition coefficient (Wildman–Crippen LogP) is 1.30. The lowest BCUT2D eigenvalue weighted by Gasteiger charge is -2.15. The molecule has 0 atom stereocenters. The zero-order valence-corrected chi connectivity index (χ0v) is 11.2. The first-order chi connectivity index (χ1) is 9.40. The standard InChI is InChI=1S/C12H13F3N2O2S/c13-9-5-11(15)12(6-10(9)14)20(18,19)17-7-8-1-3-16-4-2-8/h1,5-6,16-17H,2-4,7H2. The zero-order valence-electron chi connectivity index (χ0n) is 10.4. The molecule has 20 heavy (non-hydrogen) atoms. The maximum Gasteiger partial charge on any atom is 0.243 e. The SMILES string of the molecule is O=S(=O)(NCC1=CCNCC1)c1cc(F)c(F)cc1F. The van der Waals surface area contributed by atoms with Crippen LogP contribution in [0.15, 0.2) is 28.7 Å². The van der Waals surface area contributed by atoms with Gasteiger partial charge in [-0.3, -0.25) is 0 Å². The highest BCUT2D eigenvalue weighted by atomic mass is 32.2. The van der Waals surface area contributed by atoms with E-state index in [0.717, 1.165) is 12.1 Å². The second-order valence-corrected chi connectivity index (χ2v) is 6.07. The number of benzene rings is 1. The summed E-state index contributed by atoms with van der Waals surface area (Å²) in [5.41, 5.74) is 0.857. The first kappa shape index (κ1) is 15.0. The molecule has 1 heterocycles. The van der Waals surface area contributed by atoms with Crippen LogP contribution >= 0.6 is 0 Å². The molecule has 1 aromatic carbocycles. The third kappa shape index (κ3) is 3.38. The van der Waals surface area contributed by atoms with Crippen molar-refractivity contribution in [3.05, 3.63) is 41.2 Å². The molecule has 0 saturated carbocycles. The van der Waals surface area contributed by atoms with Crippen molar-refractivity contribution >= 4 is 10.0 Å². The molecule has 1 aliphatic heterocycles. The lowest BCUT2D eigenvalue weighted by Crippen LogP contribution is -2.30. The van der Waals surface area contributed by atoms with Crippen molar-refractivity contribution in [2.24, 2.45) is 0 Å². The first-order valence-corrected chi connectivity index (χ1v) is 7.41. The van der Waals surface area contributed by atoms with Crippen LogP contribution in [-0.2, 0) is 10.0 Å². The summed E-state index contributed by atoms with van der Waals surface area (Å²) in [6.45, 7) is 1.38. The predicted molar refractivity (Wildman–Crippen MR) is 67.1 cm³/mol. The molecule has 2 rings (SSSR count). The van der Waals surface area contributed by atoms with Gasteiger partial charge in [0.1, 0.15) is 10.7 Å². The molecule has 0 bridgehead atoms. The van der Waals surface area contributed by atoms with Crippen molar-refractivity contribution in [3.8, 4) is 0 Å². The normalized spacial score (nSPS) is 16.1. The quantitative estimate of drug-likeness (QED) is 0.651. The van der Waals surface area contributed by atoms with Gasteiger partial charge in [-0.25, -0.2) is 26.3 Å². The van der Waals surface area contributed by atoms with E-state index in [-0.39, 0.29) is 12.6 Å². The van der Waals surface area contributed by atoms with E-state index in [9.17, 15) is 21.6 Å². The van der Waals surface area contributed by atoms with Gasteiger partial charge in [-0.05, 0) is 19.0 Å². The summed E-state index contributed by atoms with van der Waals surface area (Å²) < 4.78 is 65.2. The molecular formula is C12H13F3N2O2S. The molecule has 0 unspecified atom stereocenters. The fraction of sp³-hybridized carbons (Fsp3) is 0.333. The van der Waals surface area contributed by atoms with Gasteiger partial charge in [-0.1, -0.05) is 11.6 Å². The summed E-state index contributed by atoms with van der Waals surface area (Å²) in [6.07, 6.45) is 2.50. The second-order valence-electron chi connectivity index (χ2n) is 4.34. The Morgan fingerprint density at radius 3 is 2.50 bits per heavy atom. The molecule has 0 radical (unpaired) electrons. The highest BCUT2D eigenvalue weighted by molar-refractivity contribution is 7.89. The van der Waals surface area contributed by atoms with E-state index < -0.39 is 32.4 Å². The maximum atomic E-state index is 13.4. The Labute approximate surface area is 114 Å². The molecule has 110 valence electrons. The summed E-state index contributed by atoms with van der Waals surface area (Å²) in [7, 11) is -4.22. The molecule has 4 nitrogen and oxygen atoms in total. The van der Waals surface area contributed by atoms with E-state index in [4.69, 9.17) is 0 Å². The lowest BCUT2D eigenvalue weighted by atomic mass is 10.1. The Morgan fingerprint density at radius 2 is 1.85 bits per heavy atom. The van der Waals surface area contributed by atoms with Crippen molar-refractivity contribution in [2.75, 3.05) is 19.6 Å². The van der Waals surface area contributed by atoms with Crippen molar-refractivity contribution in [3.63, 3.8) is 0 Å². The number of hydrogen-bond donors (Lipinski definition) is 2. The number of nitrogens with one attached hydrogen (secondary N) is 2. The minimum atomic E-state index is -4.22. The molecule has 0 aromatic heterocycles. The van der Waals surface area contributed by atoms with Crippen molar-refractivity contribution < 1.29 is 21.6 Å². The van der Waals surface area contributed by atoms with Crippen LogP contribution in [0.3, 0.4) is 0 Å². The molecule has 8 heteroatoms. The van der Waals surface area contributed by atoms with Gasteiger partial charge in [-0.2, -0.15) is 0 Å². The molecule has 0 amide bonds. The Morgan fingerprint density at radius 1 is 1.15 bits per heavy atom. The molecule has 2 N–H and O–H groups in total. The lowest BCUT2D eigenvalue weighted by molar-refractivity contribution is 0.481. The summed E-state index contributed by atoms with van der Waals surface area (Å²) in [4.78, 5) is -0.897. The Hall–Kier alpha value is -1.38. The summed E-state index contributed by atoms with van der Waals surface area (Å²) >= 11 is 0. The Kier molecular flexibility index (Phi) is 4.46. The van der Waals surface area contributed by atoms with Crippen LogP contribution in [0.5, 0.6) is 0 Å². The molecular weight excluding hydrogens is 293 g/mol. The highest BCUT2D eigenvalue weighted by Gasteiger charge is 2.22. The van der Waals surface area contributed by atoms with Crippen molar-refractivity contribution in [2.45, 2.75) is 11.3 Å². The van der Waals surface area contributed by atoms with E-state index in [1.807, 2.05) is 6.08 Å². The second kappa shape index (κ2) is 5.94. The maximum absolute atomic E-state index is 13.4. The van der Waals surface area contributed by atoms with E-state index in [0.29, 0.717) is 19.0 Å². The van der Waals surface area contributed by atoms with Crippen LogP contribution in [0.4, 0.5) is 13.2 Å². The van der Waals surface area contributed by atoms with E-state index in [1.165, 1.54) is 0 Å². The number of sulfonamides is 1. The number of rotatable bonds is 4. The Bertz CT molecular complexity index is 644. The van der Waals surface area contributed by atoms with E-state index >= 15 is 0 Å². The molecule has 0 fully saturated rings. The summed E-state index contributed by atoms with van der Waals surface area (Å²) in [5.74, 6) is -4.16. The third-order valence-electron chi connectivity index (χ3n) is 2.91. The first-order valence-electron chi connectivity index (χ1n) is 5.93. The third-order valence-corrected chi connectivity index (χ3v) is 4.33. The molecule has 0 aliphatic carbocycles. The van der Waals surface area contributed by atoms with Gasteiger partial charge in [0, 0.05) is 19.2 Å². The van der Waals surface area contributed by atoms with Crippen LogP contribution in [0.25, 0.3) is 0 Å². The number of hydrogen-bond acceptors (Lipinski definition) is 3. The van der Waals surface area contributed by atoms with Crippen molar-refractivity contribution in [1.29, 1.82) is 0 Å². The van der Waals surface area contributed by atoms with Gasteiger partial charge in [0.05, 0.1) is 0 Å². The molecule has 1 aliphatic rings. The number of halogens is 3. The van der Waals surface area contributed by atoms with Gasteiger partial charge in [0.15, 0.2) is 11.6 Å². The van der Waals surface area contributed by atoms with Gasteiger partial charge >= 0.3 is 0 Å². The average molecular weight is 306 g/mol. The van der Waals surface area contributed by atoms with Crippen LogP contribution in [0.1, 0.15) is 6.42 Å². The minimum absolute atomic E-state index is 0.0163. The van der Waals surface area contributed by atoms with Gasteiger partial charge < -0.3 is 5.32 Å². The fourth-order valence-electron chi connectivity index (χ4n) is 1.81. The van der Waals surface area contributed by atoms with E-state index in [2.05, 4.69) is 10.0 Å². The summed E-state index contributed by atoms with van der Waals surface area (Å²) in [6, 6.07) is 0.553. The largest absolute Gasteiger partial charge is 0.313 e. The van der Waals surface area contributed by atoms with Crippen LogP contribution in [0, 0.1) is 17.5 Å². The molecule has 0 saturated heterocycles. The van der Waals surface area contributed by atoms with Crippen LogP contribution < -0.4 is 10.0 Å². The summed E-state index contributed by atoms with van der Waals surface area (Å²) in [5, 5.41) is 3.06. The smallest absolute Gasteiger partial charge is 0.243 e. The Balaban J connectivity index is 2.18. The van der Waals surface area contributed by atoms with Gasteiger partial charge in [0.25, 0.3) is 0 Å². The molecule has 1 aromatic rings. The highest BCUT2D eigenvalue weighted by Crippen LogP contribution is 2.18. The fourth-order valence-corrected chi connectivity index (χ4v) is 2.91. The monoisotopic (exact) mass is 306 g/mol. The van der Waals surface area contributed by atoms with Crippen molar-refractivity contribution in [1.82, 2.24) is 10.0 Å². The van der Waals surface area contributed by atoms with Crippen LogP contribution in [0.2, 0.25) is 0 Å².